The molecule has 0 bridgehead atoms. The lowest BCUT2D eigenvalue weighted by Gasteiger charge is -2.29. The number of nitrogens with zero attached hydrogens (tertiary/aromatic N) is 1. The topological polar surface area (TPSA) is 58.6 Å². The van der Waals surface area contributed by atoms with Crippen molar-refractivity contribution in [2.45, 2.75) is 52.1 Å². The van der Waals surface area contributed by atoms with Crippen LogP contribution in [0.5, 0.6) is 5.75 Å². The van der Waals surface area contributed by atoms with E-state index in [1.54, 1.807) is 18.9 Å². The van der Waals surface area contributed by atoms with Crippen LogP contribution >= 0.6 is 0 Å². The van der Waals surface area contributed by atoms with Crippen LogP contribution in [0.1, 0.15) is 44.2 Å². The number of ether oxygens (including phenoxy) is 1. The van der Waals surface area contributed by atoms with Gasteiger partial charge in [0.25, 0.3) is 0 Å². The minimum atomic E-state index is -0.540. The highest BCUT2D eigenvalue weighted by Gasteiger charge is 2.25. The van der Waals surface area contributed by atoms with Crippen molar-refractivity contribution >= 4 is 11.8 Å². The van der Waals surface area contributed by atoms with Crippen LogP contribution < -0.4 is 10.1 Å². The molecule has 2 amide bonds. The van der Waals surface area contributed by atoms with E-state index in [-0.39, 0.29) is 11.8 Å². The molecule has 0 heterocycles. The third-order valence-electron chi connectivity index (χ3n) is 4.95. The number of rotatable bonds is 11. The predicted molar refractivity (Wildman–Crippen MR) is 116 cm³/mol. The molecule has 0 saturated carbocycles. The maximum atomic E-state index is 13.1. The highest BCUT2D eigenvalue weighted by atomic mass is 16.5. The van der Waals surface area contributed by atoms with E-state index in [1.807, 2.05) is 54.6 Å². The molecular formula is C24H32N2O3. The molecule has 156 valence electrons. The van der Waals surface area contributed by atoms with Crippen molar-refractivity contribution in [2.75, 3.05) is 13.7 Å². The van der Waals surface area contributed by atoms with E-state index in [0.717, 1.165) is 29.7 Å². The molecule has 0 saturated heterocycles. The Morgan fingerprint density at radius 2 is 1.79 bits per heavy atom. The van der Waals surface area contributed by atoms with Crippen LogP contribution in [0.25, 0.3) is 0 Å². The molecule has 29 heavy (non-hydrogen) atoms. The lowest BCUT2D eigenvalue weighted by Crippen LogP contribution is -2.47. The Labute approximate surface area is 174 Å². The minimum absolute atomic E-state index is 0.0326. The van der Waals surface area contributed by atoms with E-state index in [1.165, 1.54) is 0 Å². The Morgan fingerprint density at radius 3 is 2.48 bits per heavy atom. The zero-order chi connectivity index (χ0) is 21.1. The van der Waals surface area contributed by atoms with Crippen LogP contribution in [-0.4, -0.2) is 36.4 Å². The van der Waals surface area contributed by atoms with Crippen molar-refractivity contribution in [3.8, 4) is 5.75 Å². The molecule has 0 aliphatic carbocycles. The molecule has 5 heteroatoms. The lowest BCUT2D eigenvalue weighted by atomic mass is 10.1. The van der Waals surface area contributed by atoms with Gasteiger partial charge in [0.1, 0.15) is 11.8 Å². The molecule has 0 aliphatic rings. The normalized spacial score (nSPS) is 11.6. The summed E-state index contributed by atoms with van der Waals surface area (Å²) in [5.41, 5.74) is 2.05. The summed E-state index contributed by atoms with van der Waals surface area (Å²) in [4.78, 5) is 27.4. The average Bonchev–Trinajstić information content (AvgIpc) is 2.76. The van der Waals surface area contributed by atoms with Gasteiger partial charge in [-0.3, -0.25) is 9.59 Å². The average molecular weight is 397 g/mol. The van der Waals surface area contributed by atoms with Gasteiger partial charge in [0.15, 0.2) is 0 Å². The molecule has 2 rings (SSSR count). The van der Waals surface area contributed by atoms with Gasteiger partial charge < -0.3 is 15.0 Å². The largest absolute Gasteiger partial charge is 0.497 e. The Bertz CT molecular complexity index is 777. The van der Waals surface area contributed by atoms with Crippen LogP contribution in [0.4, 0.5) is 0 Å². The fraction of sp³-hybridized carbons (Fsp3) is 0.417. The number of amides is 2. The van der Waals surface area contributed by atoms with Crippen molar-refractivity contribution in [1.29, 1.82) is 0 Å². The van der Waals surface area contributed by atoms with Crippen molar-refractivity contribution in [3.05, 3.63) is 65.7 Å². The molecule has 0 fully saturated rings. The molecule has 1 atom stereocenters. The number of hydrogen-bond donors (Lipinski definition) is 1. The van der Waals surface area contributed by atoms with E-state index in [0.29, 0.717) is 25.9 Å². The second-order valence-electron chi connectivity index (χ2n) is 7.18. The number of unbranched alkanes of at least 4 members (excludes halogenated alkanes) is 1. The molecule has 0 radical (unpaired) electrons. The van der Waals surface area contributed by atoms with E-state index < -0.39 is 6.04 Å². The molecule has 1 N–H and O–H groups in total. The molecule has 0 aliphatic heterocycles. The summed E-state index contributed by atoms with van der Waals surface area (Å²) in [6.45, 7) is 4.87. The summed E-state index contributed by atoms with van der Waals surface area (Å²) in [6.07, 6.45) is 2.95. The van der Waals surface area contributed by atoms with Gasteiger partial charge in [0, 0.05) is 19.5 Å². The third-order valence-corrected chi connectivity index (χ3v) is 4.95. The summed E-state index contributed by atoms with van der Waals surface area (Å²) < 4.78 is 5.29. The molecule has 0 unspecified atom stereocenters. The van der Waals surface area contributed by atoms with E-state index >= 15 is 0 Å². The Hall–Kier alpha value is -2.82. The lowest BCUT2D eigenvalue weighted by molar-refractivity contribution is -0.140. The van der Waals surface area contributed by atoms with Gasteiger partial charge in [0.05, 0.1) is 7.11 Å². The van der Waals surface area contributed by atoms with Gasteiger partial charge in [-0.25, -0.2) is 0 Å². The van der Waals surface area contributed by atoms with Gasteiger partial charge in [-0.1, -0.05) is 55.8 Å². The summed E-state index contributed by atoms with van der Waals surface area (Å²) in [5, 5.41) is 2.94. The summed E-state index contributed by atoms with van der Waals surface area (Å²) >= 11 is 0. The number of carbonyl (C=O) groups is 2. The zero-order valence-electron chi connectivity index (χ0n) is 17.7. The van der Waals surface area contributed by atoms with Gasteiger partial charge in [-0.05, 0) is 43.0 Å². The second kappa shape index (κ2) is 11.9. The molecule has 2 aromatic rings. The van der Waals surface area contributed by atoms with Crippen LogP contribution in [0, 0.1) is 0 Å². The van der Waals surface area contributed by atoms with Crippen molar-refractivity contribution in [2.24, 2.45) is 0 Å². The minimum Gasteiger partial charge on any atom is -0.497 e. The number of methoxy groups -OCH3 is 1. The highest BCUT2D eigenvalue weighted by molar-refractivity contribution is 5.87. The fourth-order valence-corrected chi connectivity index (χ4v) is 3.13. The Balaban J connectivity index is 2.12. The second-order valence-corrected chi connectivity index (χ2v) is 7.18. The first-order valence-electron chi connectivity index (χ1n) is 10.3. The predicted octanol–water partition coefficient (Wildman–Crippen LogP) is 3.96. The highest BCUT2D eigenvalue weighted by Crippen LogP contribution is 2.17. The quantitative estimate of drug-likeness (QED) is 0.585. The van der Waals surface area contributed by atoms with Crippen molar-refractivity contribution in [3.63, 3.8) is 0 Å². The van der Waals surface area contributed by atoms with Crippen LogP contribution in [0.3, 0.4) is 0 Å². The standard InChI is InChI=1S/C24H32N2O3/c1-4-5-16-25-24(28)19(2)26(18-21-12-9-13-22(17-21)29-3)23(27)15-14-20-10-7-6-8-11-20/h6-13,17,19H,4-5,14-16,18H2,1-3H3,(H,25,28)/t19-/m1/s1. The van der Waals surface area contributed by atoms with Gasteiger partial charge >= 0.3 is 0 Å². The van der Waals surface area contributed by atoms with Crippen molar-refractivity contribution < 1.29 is 14.3 Å². The number of aryl methyl sites for hydroxylation is 1. The van der Waals surface area contributed by atoms with E-state index in [2.05, 4.69) is 12.2 Å². The molecule has 0 spiro atoms. The maximum Gasteiger partial charge on any atom is 0.242 e. The van der Waals surface area contributed by atoms with Gasteiger partial charge in [-0.2, -0.15) is 0 Å². The van der Waals surface area contributed by atoms with E-state index in [4.69, 9.17) is 4.74 Å². The molecule has 0 aromatic heterocycles. The Kier molecular flexibility index (Phi) is 9.22. The van der Waals surface area contributed by atoms with E-state index in [9.17, 15) is 9.59 Å². The van der Waals surface area contributed by atoms with Gasteiger partial charge in [-0.15, -0.1) is 0 Å². The van der Waals surface area contributed by atoms with Crippen LogP contribution in [-0.2, 0) is 22.6 Å². The first kappa shape index (κ1) is 22.5. The monoisotopic (exact) mass is 396 g/mol. The molecule has 2 aromatic carbocycles. The first-order chi connectivity index (χ1) is 14.0. The summed E-state index contributed by atoms with van der Waals surface area (Å²) in [6, 6.07) is 17.0. The number of hydrogen-bond acceptors (Lipinski definition) is 3. The smallest absolute Gasteiger partial charge is 0.242 e. The van der Waals surface area contributed by atoms with Crippen LogP contribution in [0.2, 0.25) is 0 Å². The SMILES string of the molecule is CCCCNC(=O)[C@@H](C)N(Cc1cccc(OC)c1)C(=O)CCc1ccccc1. The molecular weight excluding hydrogens is 364 g/mol. The summed E-state index contributed by atoms with van der Waals surface area (Å²) in [5.74, 6) is 0.587. The van der Waals surface area contributed by atoms with Crippen LogP contribution in [0.15, 0.2) is 54.6 Å². The molecule has 5 nitrogen and oxygen atoms in total. The zero-order valence-corrected chi connectivity index (χ0v) is 17.7. The fourth-order valence-electron chi connectivity index (χ4n) is 3.13. The maximum absolute atomic E-state index is 13.1. The Morgan fingerprint density at radius 1 is 1.07 bits per heavy atom. The summed E-state index contributed by atoms with van der Waals surface area (Å²) in [7, 11) is 1.62. The third kappa shape index (κ3) is 7.26. The number of nitrogens with one attached hydrogen (secondary N) is 1. The number of benzene rings is 2. The number of carbonyl (C=O) groups excluding carboxylic acids is 2. The van der Waals surface area contributed by atoms with Crippen molar-refractivity contribution in [1.82, 2.24) is 10.2 Å². The first-order valence-corrected chi connectivity index (χ1v) is 10.3. The van der Waals surface area contributed by atoms with Gasteiger partial charge in [0.2, 0.25) is 11.8 Å².